The predicted molar refractivity (Wildman–Crippen MR) is 76.7 cm³/mol. The lowest BCUT2D eigenvalue weighted by molar-refractivity contribution is 0.0602. The Balaban J connectivity index is 3.09. The maximum atomic E-state index is 12.5. The van der Waals surface area contributed by atoms with E-state index in [0.717, 1.165) is 11.3 Å². The third kappa shape index (κ3) is 3.57. The number of methoxy groups -OCH3 is 2. The molecule has 6 nitrogen and oxygen atoms in total. The zero-order valence-corrected chi connectivity index (χ0v) is 13.6. The van der Waals surface area contributed by atoms with Crippen LogP contribution in [0, 0.1) is 6.92 Å². The Morgan fingerprint density at radius 1 is 1.40 bits per heavy atom. The Labute approximate surface area is 123 Å². The largest absolute Gasteiger partial charge is 0.465 e. The molecule has 0 bridgehead atoms. The van der Waals surface area contributed by atoms with Crippen molar-refractivity contribution in [1.29, 1.82) is 0 Å². The van der Waals surface area contributed by atoms with Crippen molar-refractivity contribution in [2.75, 3.05) is 34.4 Å². The van der Waals surface area contributed by atoms with Gasteiger partial charge >= 0.3 is 5.97 Å². The minimum absolute atomic E-state index is 0.0364. The summed E-state index contributed by atoms with van der Waals surface area (Å²) in [5.74, 6) is -0.632. The summed E-state index contributed by atoms with van der Waals surface area (Å²) in [7, 11) is 0.579. The maximum absolute atomic E-state index is 12.5. The molecule has 8 heteroatoms. The van der Waals surface area contributed by atoms with Gasteiger partial charge in [-0.1, -0.05) is 0 Å². The average molecular weight is 321 g/mol. The molecule has 0 aliphatic rings. The zero-order valence-electron chi connectivity index (χ0n) is 12.0. The van der Waals surface area contributed by atoms with E-state index in [1.807, 2.05) is 0 Å². The molecule has 1 aromatic rings. The number of rotatable bonds is 7. The van der Waals surface area contributed by atoms with Gasteiger partial charge in [0, 0.05) is 27.3 Å². The van der Waals surface area contributed by atoms with Crippen molar-refractivity contribution < 1.29 is 22.7 Å². The molecule has 1 heterocycles. The Morgan fingerprint density at radius 3 is 2.60 bits per heavy atom. The minimum atomic E-state index is -3.71. The summed E-state index contributed by atoms with van der Waals surface area (Å²) in [5.41, 5.74) is 0.550. The molecular weight excluding hydrogens is 302 g/mol. The van der Waals surface area contributed by atoms with E-state index < -0.39 is 16.0 Å². The fraction of sp³-hybridized carbons (Fsp3) is 0.583. The van der Waals surface area contributed by atoms with Gasteiger partial charge in [-0.05, 0) is 24.3 Å². The Morgan fingerprint density at radius 2 is 2.05 bits per heavy atom. The second kappa shape index (κ2) is 7.16. The van der Waals surface area contributed by atoms with Crippen LogP contribution in [0.1, 0.15) is 21.7 Å². The molecule has 1 aromatic heterocycles. The molecule has 0 aliphatic carbocycles. The molecule has 0 amide bonds. The first-order valence-electron chi connectivity index (χ1n) is 5.98. The van der Waals surface area contributed by atoms with Crippen LogP contribution < -0.4 is 0 Å². The van der Waals surface area contributed by atoms with Crippen LogP contribution in [-0.4, -0.2) is 53.1 Å². The predicted octanol–water partition coefficient (Wildman–Crippen LogP) is 1.50. The minimum Gasteiger partial charge on any atom is -0.465 e. The lowest BCUT2D eigenvalue weighted by Gasteiger charge is -2.17. The van der Waals surface area contributed by atoms with Gasteiger partial charge in [0.05, 0.1) is 7.11 Å². The van der Waals surface area contributed by atoms with E-state index >= 15 is 0 Å². The number of hydrogen-bond donors (Lipinski definition) is 0. The number of carbonyl (C=O) groups is 1. The van der Waals surface area contributed by atoms with E-state index in [0.29, 0.717) is 25.1 Å². The Bertz CT molecular complexity index is 564. The first kappa shape index (κ1) is 17.1. The van der Waals surface area contributed by atoms with Crippen LogP contribution in [0.25, 0.3) is 0 Å². The third-order valence-electron chi connectivity index (χ3n) is 2.78. The van der Waals surface area contributed by atoms with Gasteiger partial charge in [-0.3, -0.25) is 0 Å². The molecule has 0 spiro atoms. The molecule has 1 rings (SSSR count). The summed E-state index contributed by atoms with van der Waals surface area (Å²) < 4.78 is 35.8. The van der Waals surface area contributed by atoms with E-state index in [2.05, 4.69) is 4.74 Å². The molecule has 0 aromatic carbocycles. The molecule has 0 atom stereocenters. The number of thiophene rings is 1. The van der Waals surface area contributed by atoms with Crippen molar-refractivity contribution in [2.45, 2.75) is 18.2 Å². The first-order chi connectivity index (χ1) is 9.36. The van der Waals surface area contributed by atoms with Gasteiger partial charge in [-0.15, -0.1) is 11.3 Å². The summed E-state index contributed by atoms with van der Waals surface area (Å²) in [5, 5.41) is 1.64. The molecule has 20 heavy (non-hydrogen) atoms. The number of sulfonamides is 1. The number of aryl methyl sites for hydroxylation is 1. The van der Waals surface area contributed by atoms with Crippen LogP contribution in [0.15, 0.2) is 10.3 Å². The number of nitrogens with zero attached hydrogens (tertiary/aromatic N) is 1. The van der Waals surface area contributed by atoms with Crippen LogP contribution in [0.5, 0.6) is 0 Å². The maximum Gasteiger partial charge on any atom is 0.349 e. The van der Waals surface area contributed by atoms with Gasteiger partial charge in [0.25, 0.3) is 0 Å². The van der Waals surface area contributed by atoms with Crippen LogP contribution in [-0.2, 0) is 19.5 Å². The summed E-state index contributed by atoms with van der Waals surface area (Å²) in [6.07, 6.45) is 0.586. The van der Waals surface area contributed by atoms with Gasteiger partial charge < -0.3 is 9.47 Å². The van der Waals surface area contributed by atoms with Gasteiger partial charge in [-0.25, -0.2) is 17.5 Å². The number of esters is 1. The average Bonchev–Trinajstić information content (AvgIpc) is 2.80. The lowest BCUT2D eigenvalue weighted by Crippen LogP contribution is -2.30. The van der Waals surface area contributed by atoms with E-state index in [1.54, 1.807) is 19.4 Å². The molecule has 0 unspecified atom stereocenters. The standard InChI is InChI=1S/C12H19NO5S2/c1-9-8-19-10(12(14)18-4)11(9)20(15,16)13(2)6-5-7-17-3/h8H,5-7H2,1-4H3. The summed E-state index contributed by atoms with van der Waals surface area (Å²) in [6.45, 7) is 2.47. The SMILES string of the molecule is COCCCN(C)S(=O)(=O)c1c(C)csc1C(=O)OC. The van der Waals surface area contributed by atoms with E-state index in [4.69, 9.17) is 4.74 Å². The third-order valence-corrected chi connectivity index (χ3v) is 6.03. The number of carbonyl (C=O) groups excluding carboxylic acids is 1. The number of ether oxygens (including phenoxy) is 2. The van der Waals surface area contributed by atoms with Gasteiger partial charge in [0.1, 0.15) is 9.77 Å². The Kier molecular flexibility index (Phi) is 6.12. The highest BCUT2D eigenvalue weighted by Crippen LogP contribution is 2.29. The zero-order chi connectivity index (χ0) is 15.3. The number of hydrogen-bond acceptors (Lipinski definition) is 6. The molecule has 0 radical (unpaired) electrons. The van der Waals surface area contributed by atoms with Crippen molar-refractivity contribution in [3.63, 3.8) is 0 Å². The van der Waals surface area contributed by atoms with Crippen molar-refractivity contribution >= 4 is 27.3 Å². The monoisotopic (exact) mass is 321 g/mol. The second-order valence-corrected chi connectivity index (χ2v) is 7.10. The van der Waals surface area contributed by atoms with E-state index in [1.165, 1.54) is 18.5 Å². The highest BCUT2D eigenvalue weighted by Gasteiger charge is 2.30. The Hall–Kier alpha value is -0.960. The van der Waals surface area contributed by atoms with Crippen molar-refractivity contribution in [1.82, 2.24) is 4.31 Å². The fourth-order valence-corrected chi connectivity index (χ4v) is 4.55. The smallest absolute Gasteiger partial charge is 0.349 e. The lowest BCUT2D eigenvalue weighted by atomic mass is 10.3. The fourth-order valence-electron chi connectivity index (χ4n) is 1.70. The second-order valence-electron chi connectivity index (χ2n) is 4.24. The molecule has 0 saturated carbocycles. The highest BCUT2D eigenvalue weighted by molar-refractivity contribution is 7.89. The van der Waals surface area contributed by atoms with Crippen LogP contribution in [0.3, 0.4) is 0 Å². The summed E-state index contributed by atoms with van der Waals surface area (Å²) in [6, 6.07) is 0. The molecule has 0 N–H and O–H groups in total. The normalized spacial score (nSPS) is 11.8. The first-order valence-corrected chi connectivity index (χ1v) is 8.30. The van der Waals surface area contributed by atoms with Gasteiger partial charge in [-0.2, -0.15) is 0 Å². The van der Waals surface area contributed by atoms with Crippen molar-refractivity contribution in [3.8, 4) is 0 Å². The van der Waals surface area contributed by atoms with Gasteiger partial charge in [0.15, 0.2) is 0 Å². The quantitative estimate of drug-likeness (QED) is 0.562. The van der Waals surface area contributed by atoms with E-state index in [-0.39, 0.29) is 9.77 Å². The summed E-state index contributed by atoms with van der Waals surface area (Å²) >= 11 is 1.08. The van der Waals surface area contributed by atoms with Gasteiger partial charge in [0.2, 0.25) is 10.0 Å². The molecule has 114 valence electrons. The molecule has 0 fully saturated rings. The highest BCUT2D eigenvalue weighted by atomic mass is 32.2. The van der Waals surface area contributed by atoms with Crippen LogP contribution in [0.2, 0.25) is 0 Å². The van der Waals surface area contributed by atoms with Crippen molar-refractivity contribution in [3.05, 3.63) is 15.8 Å². The topological polar surface area (TPSA) is 72.9 Å². The molecule has 0 aliphatic heterocycles. The molecule has 0 saturated heterocycles. The van der Waals surface area contributed by atoms with Crippen LogP contribution >= 0.6 is 11.3 Å². The molecular formula is C12H19NO5S2. The van der Waals surface area contributed by atoms with Crippen molar-refractivity contribution in [2.24, 2.45) is 0 Å². The van der Waals surface area contributed by atoms with E-state index in [9.17, 15) is 13.2 Å². The summed E-state index contributed by atoms with van der Waals surface area (Å²) in [4.78, 5) is 11.8. The van der Waals surface area contributed by atoms with Crippen LogP contribution in [0.4, 0.5) is 0 Å².